The second-order valence-electron chi connectivity index (χ2n) is 5.45. The van der Waals surface area contributed by atoms with Crippen molar-refractivity contribution in [3.63, 3.8) is 0 Å². The highest BCUT2D eigenvalue weighted by molar-refractivity contribution is 8.26. The van der Waals surface area contributed by atoms with Gasteiger partial charge in [-0.3, -0.25) is 14.2 Å². The van der Waals surface area contributed by atoms with E-state index in [9.17, 15) is 13.2 Å². The Hall–Kier alpha value is -1.36. The molecule has 1 aliphatic rings. The number of amides is 1. The van der Waals surface area contributed by atoms with Crippen molar-refractivity contribution in [2.75, 3.05) is 12.3 Å². The van der Waals surface area contributed by atoms with Crippen LogP contribution in [-0.4, -0.2) is 40.4 Å². The van der Waals surface area contributed by atoms with Crippen LogP contribution in [0.5, 0.6) is 0 Å². The summed E-state index contributed by atoms with van der Waals surface area (Å²) in [5.41, 5.74) is 0.615. The van der Waals surface area contributed by atoms with Crippen LogP contribution < -0.4 is 0 Å². The zero-order chi connectivity index (χ0) is 19.8. The van der Waals surface area contributed by atoms with Gasteiger partial charge in [0.15, 0.2) is 0 Å². The highest BCUT2D eigenvalue weighted by atomic mass is 35.5. The van der Waals surface area contributed by atoms with E-state index in [0.29, 0.717) is 27.1 Å². The maximum atomic E-state index is 12.4. The Balaban J connectivity index is 1.82. The molecule has 2 aromatic rings. The van der Waals surface area contributed by atoms with E-state index in [1.165, 1.54) is 6.08 Å². The van der Waals surface area contributed by atoms with E-state index in [4.69, 9.17) is 44.4 Å². The molecule has 0 aliphatic carbocycles. The van der Waals surface area contributed by atoms with Crippen molar-refractivity contribution >= 4 is 73.6 Å². The van der Waals surface area contributed by atoms with Gasteiger partial charge in [0.05, 0.1) is 15.7 Å². The van der Waals surface area contributed by atoms with Gasteiger partial charge < -0.3 is 4.42 Å². The largest absolute Gasteiger partial charge is 0.457 e. The molecule has 1 saturated heterocycles. The number of rotatable bonds is 5. The van der Waals surface area contributed by atoms with Crippen molar-refractivity contribution in [3.05, 3.63) is 51.0 Å². The molecular formula is C16H11Cl2NO5S3. The fourth-order valence-electron chi connectivity index (χ4n) is 2.29. The van der Waals surface area contributed by atoms with Crippen molar-refractivity contribution < 1.29 is 22.2 Å². The fourth-order valence-corrected chi connectivity index (χ4v) is 4.37. The minimum absolute atomic E-state index is 0.208. The summed E-state index contributed by atoms with van der Waals surface area (Å²) < 4.78 is 36.5. The van der Waals surface area contributed by atoms with Crippen LogP contribution in [0.25, 0.3) is 17.4 Å². The Morgan fingerprint density at radius 1 is 1.26 bits per heavy atom. The molecule has 1 aromatic heterocycles. The molecule has 27 heavy (non-hydrogen) atoms. The van der Waals surface area contributed by atoms with Crippen LogP contribution in [0.4, 0.5) is 0 Å². The lowest BCUT2D eigenvalue weighted by atomic mass is 10.2. The molecule has 1 aliphatic heterocycles. The molecule has 6 nitrogen and oxygen atoms in total. The molecule has 0 spiro atoms. The maximum Gasteiger partial charge on any atom is 0.266 e. The molecule has 1 fully saturated rings. The molecule has 1 aromatic carbocycles. The van der Waals surface area contributed by atoms with Crippen molar-refractivity contribution in [1.29, 1.82) is 0 Å². The first-order chi connectivity index (χ1) is 12.6. The van der Waals surface area contributed by atoms with Gasteiger partial charge in [0.25, 0.3) is 16.0 Å². The number of hydrogen-bond acceptors (Lipinski definition) is 6. The average Bonchev–Trinajstić information content (AvgIpc) is 3.13. The van der Waals surface area contributed by atoms with Crippen molar-refractivity contribution in [2.24, 2.45) is 0 Å². The van der Waals surface area contributed by atoms with Gasteiger partial charge >= 0.3 is 0 Å². The summed E-state index contributed by atoms with van der Waals surface area (Å²) in [6.45, 7) is -0.220. The highest BCUT2D eigenvalue weighted by Crippen LogP contribution is 2.35. The van der Waals surface area contributed by atoms with E-state index in [2.05, 4.69) is 0 Å². The van der Waals surface area contributed by atoms with E-state index in [1.54, 1.807) is 30.3 Å². The van der Waals surface area contributed by atoms with Gasteiger partial charge in [-0.2, -0.15) is 8.42 Å². The average molecular weight is 464 g/mol. The van der Waals surface area contributed by atoms with Crippen LogP contribution in [0.1, 0.15) is 5.76 Å². The van der Waals surface area contributed by atoms with Crippen LogP contribution in [0, 0.1) is 0 Å². The molecule has 0 bridgehead atoms. The van der Waals surface area contributed by atoms with E-state index in [-0.39, 0.29) is 15.8 Å². The minimum Gasteiger partial charge on any atom is -0.457 e. The predicted octanol–water partition coefficient (Wildman–Crippen LogP) is 4.34. The van der Waals surface area contributed by atoms with Gasteiger partial charge in [-0.05, 0) is 30.3 Å². The highest BCUT2D eigenvalue weighted by Gasteiger charge is 2.32. The summed E-state index contributed by atoms with van der Waals surface area (Å²) in [6.07, 6.45) is 1.51. The Morgan fingerprint density at radius 2 is 2.00 bits per heavy atom. The van der Waals surface area contributed by atoms with Crippen LogP contribution in [0.2, 0.25) is 10.0 Å². The Morgan fingerprint density at radius 3 is 2.70 bits per heavy atom. The molecule has 0 radical (unpaired) electrons. The lowest BCUT2D eigenvalue weighted by Crippen LogP contribution is -2.32. The SMILES string of the molecule is O=C1/C(=C\c2ccc(-c3cc(Cl)ccc3Cl)o2)SC(=S)N1CCS(=O)(=O)O. The van der Waals surface area contributed by atoms with Gasteiger partial charge in [-0.15, -0.1) is 0 Å². The van der Waals surface area contributed by atoms with Crippen LogP contribution in [0.15, 0.2) is 39.7 Å². The lowest BCUT2D eigenvalue weighted by Gasteiger charge is -2.12. The number of thiocarbonyl (C=S) groups is 1. The normalized spacial score (nSPS) is 16.6. The summed E-state index contributed by atoms with van der Waals surface area (Å²) in [6, 6.07) is 8.35. The van der Waals surface area contributed by atoms with E-state index >= 15 is 0 Å². The molecule has 0 saturated carbocycles. The number of halogens is 2. The molecule has 1 amide bonds. The smallest absolute Gasteiger partial charge is 0.266 e. The minimum atomic E-state index is -4.19. The van der Waals surface area contributed by atoms with Gasteiger partial charge in [0.2, 0.25) is 0 Å². The third-order valence-corrected chi connectivity index (χ3v) is 6.18. The fraction of sp³-hybridized carbons (Fsp3) is 0.125. The van der Waals surface area contributed by atoms with Crippen LogP contribution in [0.3, 0.4) is 0 Å². The molecule has 1 N–H and O–H groups in total. The zero-order valence-corrected chi connectivity index (χ0v) is 17.3. The maximum absolute atomic E-state index is 12.4. The first-order valence-electron chi connectivity index (χ1n) is 7.40. The number of furan rings is 1. The number of thioether (sulfide) groups is 1. The predicted molar refractivity (Wildman–Crippen MR) is 110 cm³/mol. The summed E-state index contributed by atoms with van der Waals surface area (Å²) in [5, 5.41) is 0.976. The van der Waals surface area contributed by atoms with Gasteiger partial charge in [0.1, 0.15) is 15.8 Å². The third kappa shape index (κ3) is 4.92. The van der Waals surface area contributed by atoms with E-state index < -0.39 is 21.8 Å². The standard InChI is InChI=1S/C16H11Cl2NO5S3/c17-9-1-3-12(18)11(7-9)13-4-2-10(24-13)8-14-15(20)19(16(25)26-14)5-6-27(21,22)23/h1-4,7-8H,5-6H2,(H,21,22,23)/b14-8+. The molecule has 0 atom stereocenters. The topological polar surface area (TPSA) is 87.8 Å². The van der Waals surface area contributed by atoms with Crippen LogP contribution in [-0.2, 0) is 14.9 Å². The molecule has 11 heteroatoms. The number of hydrogen-bond donors (Lipinski definition) is 1. The van der Waals surface area contributed by atoms with Gasteiger partial charge in [-0.1, -0.05) is 47.2 Å². The van der Waals surface area contributed by atoms with Crippen molar-refractivity contribution in [3.8, 4) is 11.3 Å². The lowest BCUT2D eigenvalue weighted by molar-refractivity contribution is -0.121. The number of nitrogens with zero attached hydrogens (tertiary/aromatic N) is 1. The van der Waals surface area contributed by atoms with Gasteiger partial charge in [-0.25, -0.2) is 0 Å². The van der Waals surface area contributed by atoms with E-state index in [0.717, 1.165) is 16.7 Å². The quantitative estimate of drug-likeness (QED) is 0.400. The molecule has 0 unspecified atom stereocenters. The zero-order valence-electron chi connectivity index (χ0n) is 13.4. The molecule has 142 valence electrons. The van der Waals surface area contributed by atoms with Crippen molar-refractivity contribution in [2.45, 2.75) is 0 Å². The summed E-state index contributed by atoms with van der Waals surface area (Å²) in [4.78, 5) is 13.8. The van der Waals surface area contributed by atoms with E-state index in [1.807, 2.05) is 0 Å². The first kappa shape index (κ1) is 20.4. The second-order valence-corrected chi connectivity index (χ2v) is 9.54. The summed E-state index contributed by atoms with van der Waals surface area (Å²) in [5.74, 6) is -0.162. The Labute approximate surface area is 174 Å². The molecule has 2 heterocycles. The number of benzene rings is 1. The molecule has 3 rings (SSSR count). The number of carbonyl (C=O) groups excluding carboxylic acids is 1. The van der Waals surface area contributed by atoms with Gasteiger partial charge in [0, 0.05) is 23.2 Å². The Bertz CT molecular complexity index is 1060. The van der Waals surface area contributed by atoms with Crippen molar-refractivity contribution in [1.82, 2.24) is 4.90 Å². The van der Waals surface area contributed by atoms with Crippen LogP contribution >= 0.6 is 47.2 Å². The summed E-state index contributed by atoms with van der Waals surface area (Å²) in [7, 11) is -4.19. The number of carbonyl (C=O) groups is 1. The first-order valence-corrected chi connectivity index (χ1v) is 11.0. The Kier molecular flexibility index (Phi) is 5.99. The second kappa shape index (κ2) is 7.94. The monoisotopic (exact) mass is 463 g/mol. The summed E-state index contributed by atoms with van der Waals surface area (Å²) >= 11 is 18.3. The molecular weight excluding hydrogens is 453 g/mol. The third-order valence-electron chi connectivity index (χ3n) is 3.54.